The van der Waals surface area contributed by atoms with Gasteiger partial charge in [0.15, 0.2) is 5.58 Å². The van der Waals surface area contributed by atoms with Crippen molar-refractivity contribution in [2.24, 2.45) is 12.8 Å². The van der Waals surface area contributed by atoms with Crippen molar-refractivity contribution < 1.29 is 4.42 Å². The zero-order valence-electron chi connectivity index (χ0n) is 12.4. The van der Waals surface area contributed by atoms with Gasteiger partial charge in [-0.25, -0.2) is 4.79 Å². The number of fused-ring (bicyclic) bond motifs is 1. The Labute approximate surface area is 119 Å². The van der Waals surface area contributed by atoms with Crippen molar-refractivity contribution in [1.82, 2.24) is 4.57 Å². The monoisotopic (exact) mass is 276 g/mol. The van der Waals surface area contributed by atoms with Crippen LogP contribution in [0.4, 0.5) is 0 Å². The number of hydrogen-bond acceptors (Lipinski definition) is 3. The first-order valence-corrected chi connectivity index (χ1v) is 7.48. The molecule has 0 spiro atoms. The highest BCUT2D eigenvalue weighted by molar-refractivity contribution is 5.73. The standard InChI is InChI=1S/C16H24N2O2/c1-3-4-5-6-7-8-13(17)12-9-10-14-15(11-12)20-16(19)18(14)2/h9-11,13H,3-8,17H2,1-2H3. The molecule has 0 aliphatic carbocycles. The van der Waals surface area contributed by atoms with Gasteiger partial charge in [-0.15, -0.1) is 0 Å². The molecule has 4 heteroatoms. The van der Waals surface area contributed by atoms with E-state index in [2.05, 4.69) is 6.92 Å². The SMILES string of the molecule is CCCCCCCC(N)c1ccc2c(c1)oc(=O)n2C. The molecule has 110 valence electrons. The number of nitrogens with two attached hydrogens (primary N) is 1. The lowest BCUT2D eigenvalue weighted by molar-refractivity contribution is 0.526. The average molecular weight is 276 g/mol. The molecule has 2 N–H and O–H groups in total. The quantitative estimate of drug-likeness (QED) is 0.787. The van der Waals surface area contributed by atoms with Crippen LogP contribution in [0.1, 0.15) is 57.1 Å². The summed E-state index contributed by atoms with van der Waals surface area (Å²) in [6.45, 7) is 2.22. The van der Waals surface area contributed by atoms with Gasteiger partial charge < -0.3 is 10.2 Å². The summed E-state index contributed by atoms with van der Waals surface area (Å²) in [5, 5.41) is 0. The predicted octanol–water partition coefficient (Wildman–Crippen LogP) is 3.49. The maximum absolute atomic E-state index is 11.5. The van der Waals surface area contributed by atoms with Crippen LogP contribution in [0.2, 0.25) is 0 Å². The second-order valence-corrected chi connectivity index (χ2v) is 5.46. The largest absolute Gasteiger partial charge is 0.419 e. The fraction of sp³-hybridized carbons (Fsp3) is 0.562. The van der Waals surface area contributed by atoms with E-state index in [9.17, 15) is 4.79 Å². The Bertz CT molecular complexity index is 612. The first-order chi connectivity index (χ1) is 9.63. The van der Waals surface area contributed by atoms with Crippen molar-refractivity contribution in [2.45, 2.75) is 51.5 Å². The van der Waals surface area contributed by atoms with Crippen molar-refractivity contribution >= 4 is 11.1 Å². The summed E-state index contributed by atoms with van der Waals surface area (Å²) in [5.74, 6) is -0.328. The van der Waals surface area contributed by atoms with Crippen LogP contribution in [-0.4, -0.2) is 4.57 Å². The van der Waals surface area contributed by atoms with Gasteiger partial charge in [-0.1, -0.05) is 45.1 Å². The molecule has 2 rings (SSSR count). The van der Waals surface area contributed by atoms with E-state index in [0.29, 0.717) is 5.58 Å². The van der Waals surface area contributed by atoms with Crippen LogP contribution < -0.4 is 11.5 Å². The number of unbranched alkanes of at least 4 members (excludes halogenated alkanes) is 4. The number of hydrogen-bond donors (Lipinski definition) is 1. The molecule has 0 saturated carbocycles. The molecule has 1 aromatic heterocycles. The van der Waals surface area contributed by atoms with E-state index in [1.165, 1.54) is 30.3 Å². The predicted molar refractivity (Wildman–Crippen MR) is 81.8 cm³/mol. The Kier molecular flexibility index (Phi) is 5.01. The molecular formula is C16H24N2O2. The minimum Gasteiger partial charge on any atom is -0.408 e. The molecule has 2 aromatic rings. The fourth-order valence-electron chi connectivity index (χ4n) is 2.52. The first-order valence-electron chi connectivity index (χ1n) is 7.48. The number of aromatic nitrogens is 1. The maximum Gasteiger partial charge on any atom is 0.419 e. The molecule has 1 heterocycles. The van der Waals surface area contributed by atoms with Gasteiger partial charge in [0.1, 0.15) is 0 Å². The van der Waals surface area contributed by atoms with E-state index in [0.717, 1.165) is 23.9 Å². The van der Waals surface area contributed by atoms with Gasteiger partial charge in [-0.05, 0) is 24.1 Å². The van der Waals surface area contributed by atoms with E-state index < -0.39 is 0 Å². The van der Waals surface area contributed by atoms with Crippen LogP contribution in [0.25, 0.3) is 11.1 Å². The molecule has 0 fully saturated rings. The summed E-state index contributed by atoms with van der Waals surface area (Å²) in [6, 6.07) is 5.82. The highest BCUT2D eigenvalue weighted by Crippen LogP contribution is 2.22. The summed E-state index contributed by atoms with van der Waals surface area (Å²) in [5.41, 5.74) is 8.70. The maximum atomic E-state index is 11.5. The average Bonchev–Trinajstić information content (AvgIpc) is 2.73. The highest BCUT2D eigenvalue weighted by Gasteiger charge is 2.10. The minimum absolute atomic E-state index is 0.0199. The molecule has 0 aliphatic rings. The van der Waals surface area contributed by atoms with Crippen molar-refractivity contribution in [3.05, 3.63) is 34.3 Å². The number of oxazole rings is 1. The molecule has 1 aromatic carbocycles. The van der Waals surface area contributed by atoms with E-state index >= 15 is 0 Å². The number of benzene rings is 1. The van der Waals surface area contributed by atoms with Crippen molar-refractivity contribution in [3.63, 3.8) is 0 Å². The van der Waals surface area contributed by atoms with Crippen LogP contribution in [0.3, 0.4) is 0 Å². The van der Waals surface area contributed by atoms with E-state index in [1.807, 2.05) is 18.2 Å². The summed E-state index contributed by atoms with van der Waals surface area (Å²) >= 11 is 0. The van der Waals surface area contributed by atoms with Gasteiger partial charge in [0.25, 0.3) is 0 Å². The minimum atomic E-state index is -0.328. The van der Waals surface area contributed by atoms with Crippen LogP contribution in [0.15, 0.2) is 27.4 Å². The molecular weight excluding hydrogens is 252 g/mol. The third-order valence-corrected chi connectivity index (χ3v) is 3.86. The molecule has 0 bridgehead atoms. The highest BCUT2D eigenvalue weighted by atomic mass is 16.4. The summed E-state index contributed by atoms with van der Waals surface area (Å²) in [4.78, 5) is 11.5. The Hall–Kier alpha value is -1.55. The van der Waals surface area contributed by atoms with E-state index in [-0.39, 0.29) is 11.8 Å². The molecule has 0 aliphatic heterocycles. The Morgan fingerprint density at radius 3 is 2.75 bits per heavy atom. The van der Waals surface area contributed by atoms with Crippen LogP contribution >= 0.6 is 0 Å². The Morgan fingerprint density at radius 1 is 1.25 bits per heavy atom. The fourth-order valence-corrected chi connectivity index (χ4v) is 2.52. The van der Waals surface area contributed by atoms with Crippen molar-refractivity contribution in [3.8, 4) is 0 Å². The van der Waals surface area contributed by atoms with Crippen molar-refractivity contribution in [1.29, 1.82) is 0 Å². The molecule has 0 radical (unpaired) electrons. The zero-order chi connectivity index (χ0) is 14.5. The summed E-state index contributed by atoms with van der Waals surface area (Å²) in [7, 11) is 1.71. The van der Waals surface area contributed by atoms with Gasteiger partial charge in [0.2, 0.25) is 0 Å². The normalized spacial score (nSPS) is 12.9. The number of rotatable bonds is 7. The first kappa shape index (κ1) is 14.9. The van der Waals surface area contributed by atoms with Gasteiger partial charge >= 0.3 is 5.76 Å². The second-order valence-electron chi connectivity index (χ2n) is 5.46. The molecule has 0 amide bonds. The Balaban J connectivity index is 1.99. The molecule has 1 atom stereocenters. The smallest absolute Gasteiger partial charge is 0.408 e. The van der Waals surface area contributed by atoms with E-state index in [4.69, 9.17) is 10.2 Å². The van der Waals surface area contributed by atoms with Gasteiger partial charge in [-0.2, -0.15) is 0 Å². The number of nitrogens with zero attached hydrogens (tertiary/aromatic N) is 1. The van der Waals surface area contributed by atoms with Crippen LogP contribution in [-0.2, 0) is 7.05 Å². The van der Waals surface area contributed by atoms with Gasteiger partial charge in [0, 0.05) is 13.1 Å². The summed E-state index contributed by atoms with van der Waals surface area (Å²) < 4.78 is 6.71. The van der Waals surface area contributed by atoms with Crippen LogP contribution in [0.5, 0.6) is 0 Å². The topological polar surface area (TPSA) is 61.2 Å². The van der Waals surface area contributed by atoms with E-state index in [1.54, 1.807) is 7.05 Å². The molecule has 0 saturated heterocycles. The zero-order valence-corrected chi connectivity index (χ0v) is 12.4. The lowest BCUT2D eigenvalue weighted by Gasteiger charge is -2.11. The molecule has 4 nitrogen and oxygen atoms in total. The van der Waals surface area contributed by atoms with Gasteiger partial charge in [0.05, 0.1) is 5.52 Å². The molecule has 20 heavy (non-hydrogen) atoms. The third kappa shape index (κ3) is 3.31. The van der Waals surface area contributed by atoms with Crippen LogP contribution in [0, 0.1) is 0 Å². The molecule has 1 unspecified atom stereocenters. The lowest BCUT2D eigenvalue weighted by Crippen LogP contribution is -2.10. The summed E-state index contributed by atoms with van der Waals surface area (Å²) in [6.07, 6.45) is 7.22. The second kappa shape index (κ2) is 6.75. The Morgan fingerprint density at radius 2 is 2.00 bits per heavy atom. The van der Waals surface area contributed by atoms with Gasteiger partial charge in [-0.3, -0.25) is 4.57 Å². The number of aryl methyl sites for hydroxylation is 1. The van der Waals surface area contributed by atoms with Crippen molar-refractivity contribution in [2.75, 3.05) is 0 Å². The lowest BCUT2D eigenvalue weighted by atomic mass is 10.0. The third-order valence-electron chi connectivity index (χ3n) is 3.86.